The average Bonchev–Trinajstić information content (AvgIpc) is 2.14. The van der Waals surface area contributed by atoms with Crippen LogP contribution in [0.1, 0.15) is 30.0 Å². The van der Waals surface area contributed by atoms with E-state index in [1.165, 1.54) is 6.07 Å². The fourth-order valence-corrected chi connectivity index (χ4v) is 1.82. The van der Waals surface area contributed by atoms with Crippen LogP contribution in [-0.2, 0) is 16.3 Å². The van der Waals surface area contributed by atoms with Crippen LogP contribution < -0.4 is 0 Å². The van der Waals surface area contributed by atoms with Crippen LogP contribution in [0.4, 0.5) is 0 Å². The van der Waals surface area contributed by atoms with Gasteiger partial charge >= 0.3 is 5.97 Å². The lowest BCUT2D eigenvalue weighted by atomic mass is 10.1. The van der Waals surface area contributed by atoms with E-state index in [2.05, 4.69) is 9.97 Å². The summed E-state index contributed by atoms with van der Waals surface area (Å²) in [6, 6.07) is 1.30. The molecule has 0 radical (unpaired) electrons. The Balaban J connectivity index is 3.34. The van der Waals surface area contributed by atoms with Crippen LogP contribution in [0.25, 0.3) is 0 Å². The Hall–Kier alpha value is -1.50. The van der Waals surface area contributed by atoms with Crippen molar-refractivity contribution in [3.63, 3.8) is 0 Å². The molecule has 0 aliphatic rings. The maximum atomic E-state index is 11.3. The Morgan fingerprint density at radius 2 is 2.00 bits per heavy atom. The first-order valence-corrected chi connectivity index (χ1v) is 6.90. The van der Waals surface area contributed by atoms with Gasteiger partial charge in [0.25, 0.3) is 0 Å². The molecule has 0 aliphatic carbocycles. The highest BCUT2D eigenvalue weighted by atomic mass is 32.2. The minimum Gasteiger partial charge on any atom is -0.477 e. The smallest absolute Gasteiger partial charge is 0.354 e. The molecule has 0 saturated carbocycles. The largest absolute Gasteiger partial charge is 0.477 e. The predicted molar refractivity (Wildman–Crippen MR) is 60.6 cm³/mol. The molecule has 6 nitrogen and oxygen atoms in total. The standard InChI is InChI=1S/C10H14N2O4S/c1-6(2)4-7-5-8(9(13)14)12-10(11-7)17(3,15)16/h5-6H,4H2,1-3H3,(H,13,14). The first-order valence-electron chi connectivity index (χ1n) is 5.01. The summed E-state index contributed by atoms with van der Waals surface area (Å²) in [5.41, 5.74) is 0.129. The zero-order chi connectivity index (χ0) is 13.2. The van der Waals surface area contributed by atoms with Crippen LogP contribution in [0.15, 0.2) is 11.2 Å². The Morgan fingerprint density at radius 1 is 1.41 bits per heavy atom. The number of sulfone groups is 1. The van der Waals surface area contributed by atoms with Gasteiger partial charge in [-0.1, -0.05) is 13.8 Å². The number of carboxylic acids is 1. The molecule has 1 rings (SSSR count). The third-order valence-electron chi connectivity index (χ3n) is 1.93. The first kappa shape index (κ1) is 13.6. The second kappa shape index (κ2) is 4.79. The van der Waals surface area contributed by atoms with E-state index < -0.39 is 21.0 Å². The van der Waals surface area contributed by atoms with Gasteiger partial charge in [-0.25, -0.2) is 23.2 Å². The van der Waals surface area contributed by atoms with E-state index in [4.69, 9.17) is 5.11 Å². The van der Waals surface area contributed by atoms with Gasteiger partial charge in [0, 0.05) is 11.9 Å². The second-order valence-electron chi connectivity index (χ2n) is 4.20. The van der Waals surface area contributed by atoms with Gasteiger partial charge in [-0.15, -0.1) is 0 Å². The van der Waals surface area contributed by atoms with E-state index >= 15 is 0 Å². The lowest BCUT2D eigenvalue weighted by molar-refractivity contribution is 0.0689. The molecule has 0 saturated heterocycles. The van der Waals surface area contributed by atoms with Gasteiger partial charge in [0.2, 0.25) is 15.0 Å². The summed E-state index contributed by atoms with van der Waals surface area (Å²) in [5, 5.41) is 8.41. The number of aromatic carboxylic acids is 1. The monoisotopic (exact) mass is 258 g/mol. The molecule has 0 spiro atoms. The number of hydrogen-bond acceptors (Lipinski definition) is 5. The molecule has 0 unspecified atom stereocenters. The fraction of sp³-hybridized carbons (Fsp3) is 0.500. The summed E-state index contributed by atoms with van der Waals surface area (Å²) in [4.78, 5) is 18.2. The first-order chi connectivity index (χ1) is 7.70. The van der Waals surface area contributed by atoms with Gasteiger partial charge < -0.3 is 5.11 Å². The topological polar surface area (TPSA) is 97.2 Å². The van der Waals surface area contributed by atoms with E-state index in [-0.39, 0.29) is 11.6 Å². The Bertz CT molecular complexity index is 537. The number of carboxylic acid groups (broad SMARTS) is 1. The molecule has 0 fully saturated rings. The number of aromatic nitrogens is 2. The highest BCUT2D eigenvalue weighted by molar-refractivity contribution is 7.90. The van der Waals surface area contributed by atoms with Crippen LogP contribution in [0.3, 0.4) is 0 Å². The molecule has 1 aromatic rings. The van der Waals surface area contributed by atoms with Crippen molar-refractivity contribution >= 4 is 15.8 Å². The summed E-state index contributed by atoms with van der Waals surface area (Å²) in [6.07, 6.45) is 1.46. The summed E-state index contributed by atoms with van der Waals surface area (Å²) >= 11 is 0. The van der Waals surface area contributed by atoms with Gasteiger partial charge in [0.1, 0.15) is 0 Å². The van der Waals surface area contributed by atoms with E-state index in [1.54, 1.807) is 0 Å². The normalized spacial score (nSPS) is 11.8. The van der Waals surface area contributed by atoms with Crippen molar-refractivity contribution < 1.29 is 18.3 Å². The molecular formula is C10H14N2O4S. The Kier molecular flexibility index (Phi) is 3.82. The summed E-state index contributed by atoms with van der Waals surface area (Å²) < 4.78 is 22.7. The van der Waals surface area contributed by atoms with E-state index in [9.17, 15) is 13.2 Å². The third kappa shape index (κ3) is 3.77. The van der Waals surface area contributed by atoms with E-state index in [0.29, 0.717) is 12.1 Å². The number of hydrogen-bond donors (Lipinski definition) is 1. The highest BCUT2D eigenvalue weighted by Crippen LogP contribution is 2.11. The maximum Gasteiger partial charge on any atom is 0.354 e. The molecule has 1 N–H and O–H groups in total. The fourth-order valence-electron chi connectivity index (χ4n) is 1.27. The maximum absolute atomic E-state index is 11.3. The summed E-state index contributed by atoms with van der Waals surface area (Å²) in [7, 11) is -3.60. The van der Waals surface area contributed by atoms with Crippen molar-refractivity contribution in [2.75, 3.05) is 6.26 Å². The van der Waals surface area contributed by atoms with Crippen LogP contribution in [-0.4, -0.2) is 35.7 Å². The van der Waals surface area contributed by atoms with Crippen molar-refractivity contribution in [3.05, 3.63) is 17.5 Å². The van der Waals surface area contributed by atoms with E-state index in [0.717, 1.165) is 6.26 Å². The zero-order valence-electron chi connectivity index (χ0n) is 9.84. The molecule has 1 aromatic heterocycles. The van der Waals surface area contributed by atoms with E-state index in [1.807, 2.05) is 13.8 Å². The second-order valence-corrected chi connectivity index (χ2v) is 6.11. The number of nitrogens with zero attached hydrogens (tertiary/aromatic N) is 2. The molecule has 0 atom stereocenters. The minimum atomic E-state index is -3.60. The Labute approximate surface area is 99.6 Å². The lowest BCUT2D eigenvalue weighted by Gasteiger charge is -2.06. The van der Waals surface area contributed by atoms with Crippen LogP contribution in [0, 0.1) is 5.92 Å². The molecule has 0 amide bonds. The van der Waals surface area contributed by atoms with Crippen molar-refractivity contribution in [2.45, 2.75) is 25.4 Å². The molecule has 17 heavy (non-hydrogen) atoms. The molecular weight excluding hydrogens is 244 g/mol. The van der Waals surface area contributed by atoms with Gasteiger partial charge in [-0.2, -0.15) is 0 Å². The molecule has 0 aliphatic heterocycles. The van der Waals surface area contributed by atoms with Crippen molar-refractivity contribution in [3.8, 4) is 0 Å². The van der Waals surface area contributed by atoms with Gasteiger partial charge in [-0.05, 0) is 18.4 Å². The Morgan fingerprint density at radius 3 is 2.41 bits per heavy atom. The molecule has 7 heteroatoms. The highest BCUT2D eigenvalue weighted by Gasteiger charge is 2.17. The lowest BCUT2D eigenvalue weighted by Crippen LogP contribution is -2.12. The minimum absolute atomic E-state index is 0.249. The average molecular weight is 258 g/mol. The molecule has 0 bridgehead atoms. The molecule has 1 heterocycles. The van der Waals surface area contributed by atoms with Crippen molar-refractivity contribution in [1.29, 1.82) is 0 Å². The zero-order valence-corrected chi connectivity index (χ0v) is 10.7. The van der Waals surface area contributed by atoms with Gasteiger partial charge in [-0.3, -0.25) is 0 Å². The van der Waals surface area contributed by atoms with Crippen molar-refractivity contribution in [2.24, 2.45) is 5.92 Å². The van der Waals surface area contributed by atoms with Gasteiger partial charge in [0.05, 0.1) is 0 Å². The van der Waals surface area contributed by atoms with Crippen molar-refractivity contribution in [1.82, 2.24) is 9.97 Å². The third-order valence-corrected chi connectivity index (χ3v) is 2.77. The number of carbonyl (C=O) groups is 1. The quantitative estimate of drug-likeness (QED) is 0.801. The predicted octanol–water partition coefficient (Wildman–Crippen LogP) is 0.777. The SMILES string of the molecule is CC(C)Cc1cc(C(=O)O)nc(S(C)(=O)=O)n1. The number of rotatable bonds is 4. The van der Waals surface area contributed by atoms with Gasteiger partial charge in [0.15, 0.2) is 5.69 Å². The molecule has 94 valence electrons. The van der Waals surface area contributed by atoms with Crippen LogP contribution >= 0.6 is 0 Å². The summed E-state index contributed by atoms with van der Waals surface area (Å²) in [5.74, 6) is -1.01. The van der Waals surface area contributed by atoms with Crippen LogP contribution in [0.2, 0.25) is 0 Å². The van der Waals surface area contributed by atoms with Crippen LogP contribution in [0.5, 0.6) is 0 Å². The summed E-state index contributed by atoms with van der Waals surface area (Å²) in [6.45, 7) is 3.87. The molecule has 0 aromatic carbocycles.